The van der Waals surface area contributed by atoms with Gasteiger partial charge in [0.25, 0.3) is 0 Å². The Bertz CT molecular complexity index is 1270. The monoisotopic (exact) mass is 475 g/mol. The van der Waals surface area contributed by atoms with E-state index in [2.05, 4.69) is 52.8 Å². The minimum Gasteiger partial charge on any atom is -0.489 e. The number of carboxylic acid groups (broad SMARTS) is 1. The number of hydrogen-bond donors (Lipinski definition) is 1. The normalized spacial score (nSPS) is 16.7. The second-order valence-electron chi connectivity index (χ2n) is 9.94. The fraction of sp³-hybridized carbons (Fsp3) is 0.429. The standard InChI is InChI=1S/C28H33N3O4/c1-18(2)31-26-7-4-20(13-25(26)19(3)29-31)16-34-24-6-5-23-12-21(17-35-27(23)14-24)15-30-10-8-22(9-11-30)28(32)33/h4-7,12-14,18,22H,8-11,15-17H2,1-3H3,(H,32,33). The van der Waals surface area contributed by atoms with E-state index in [9.17, 15) is 9.90 Å². The fourth-order valence-electron chi connectivity index (χ4n) is 4.99. The Hall–Kier alpha value is -3.32. The van der Waals surface area contributed by atoms with Crippen LogP contribution in [0.3, 0.4) is 0 Å². The van der Waals surface area contributed by atoms with Crippen molar-refractivity contribution in [2.45, 2.75) is 46.3 Å². The summed E-state index contributed by atoms with van der Waals surface area (Å²) < 4.78 is 14.2. The molecular formula is C28H33N3O4. The van der Waals surface area contributed by atoms with Crippen LogP contribution in [0.5, 0.6) is 11.5 Å². The Morgan fingerprint density at radius 3 is 2.74 bits per heavy atom. The molecule has 3 heterocycles. The first-order valence-corrected chi connectivity index (χ1v) is 12.4. The molecule has 1 N–H and O–H groups in total. The van der Waals surface area contributed by atoms with Gasteiger partial charge in [-0.15, -0.1) is 0 Å². The molecule has 184 valence electrons. The fourth-order valence-corrected chi connectivity index (χ4v) is 4.99. The number of carboxylic acids is 1. The molecule has 7 nitrogen and oxygen atoms in total. The molecule has 1 fully saturated rings. The van der Waals surface area contributed by atoms with Gasteiger partial charge in [0, 0.05) is 29.6 Å². The number of fused-ring (bicyclic) bond motifs is 2. The van der Waals surface area contributed by atoms with Gasteiger partial charge in [-0.2, -0.15) is 5.10 Å². The van der Waals surface area contributed by atoms with Crippen molar-refractivity contribution in [3.05, 3.63) is 58.8 Å². The van der Waals surface area contributed by atoms with Crippen LogP contribution in [0, 0.1) is 12.8 Å². The van der Waals surface area contributed by atoms with Crippen molar-refractivity contribution >= 4 is 22.9 Å². The maximum atomic E-state index is 11.2. The van der Waals surface area contributed by atoms with E-state index in [1.165, 1.54) is 11.0 Å². The molecule has 1 saturated heterocycles. The zero-order valence-corrected chi connectivity index (χ0v) is 20.7. The van der Waals surface area contributed by atoms with Crippen molar-refractivity contribution in [3.63, 3.8) is 0 Å². The van der Waals surface area contributed by atoms with E-state index in [-0.39, 0.29) is 5.92 Å². The van der Waals surface area contributed by atoms with E-state index in [0.717, 1.165) is 53.5 Å². The van der Waals surface area contributed by atoms with Gasteiger partial charge in [0.2, 0.25) is 0 Å². The number of ether oxygens (including phenoxy) is 2. The maximum Gasteiger partial charge on any atom is 0.306 e. The zero-order chi connectivity index (χ0) is 24.5. The summed E-state index contributed by atoms with van der Waals surface area (Å²) in [5, 5.41) is 15.0. The molecule has 0 radical (unpaired) electrons. The van der Waals surface area contributed by atoms with Crippen LogP contribution in [0.4, 0.5) is 0 Å². The SMILES string of the molecule is Cc1nn(C(C)C)c2ccc(COc3ccc4c(c3)OCC(CN3CCC(C(=O)O)CC3)=C4)cc12. The van der Waals surface area contributed by atoms with E-state index in [0.29, 0.717) is 32.1 Å². The molecule has 2 aliphatic heterocycles. The highest BCUT2D eigenvalue weighted by molar-refractivity contribution is 5.82. The van der Waals surface area contributed by atoms with Crippen molar-refractivity contribution in [1.29, 1.82) is 0 Å². The second kappa shape index (κ2) is 9.74. The molecule has 0 amide bonds. The smallest absolute Gasteiger partial charge is 0.306 e. The number of rotatable bonds is 7. The summed E-state index contributed by atoms with van der Waals surface area (Å²) in [4.78, 5) is 13.5. The van der Waals surface area contributed by atoms with Gasteiger partial charge in [-0.05, 0) is 88.2 Å². The molecule has 5 rings (SSSR count). The van der Waals surface area contributed by atoms with Gasteiger partial charge in [0.15, 0.2) is 0 Å². The van der Waals surface area contributed by atoms with Crippen LogP contribution in [-0.2, 0) is 11.4 Å². The average molecular weight is 476 g/mol. The molecule has 2 aromatic carbocycles. The Morgan fingerprint density at radius 2 is 2.00 bits per heavy atom. The summed E-state index contributed by atoms with van der Waals surface area (Å²) in [5.41, 5.74) is 5.56. The lowest BCUT2D eigenvalue weighted by molar-refractivity contribution is -0.143. The third-order valence-electron chi connectivity index (χ3n) is 6.97. The lowest BCUT2D eigenvalue weighted by atomic mass is 9.96. The summed E-state index contributed by atoms with van der Waals surface area (Å²) in [7, 11) is 0. The lowest BCUT2D eigenvalue weighted by Crippen LogP contribution is -2.38. The van der Waals surface area contributed by atoms with E-state index in [4.69, 9.17) is 9.47 Å². The van der Waals surface area contributed by atoms with Crippen LogP contribution in [0.15, 0.2) is 42.0 Å². The zero-order valence-electron chi connectivity index (χ0n) is 20.7. The number of aromatic nitrogens is 2. The first-order valence-electron chi connectivity index (χ1n) is 12.4. The molecule has 7 heteroatoms. The predicted octanol–water partition coefficient (Wildman–Crippen LogP) is 5.08. The number of likely N-dealkylation sites (tertiary alicyclic amines) is 1. The number of nitrogens with zero attached hydrogens (tertiary/aromatic N) is 3. The van der Waals surface area contributed by atoms with Gasteiger partial charge >= 0.3 is 5.97 Å². The van der Waals surface area contributed by atoms with E-state index in [1.54, 1.807) is 0 Å². The summed E-state index contributed by atoms with van der Waals surface area (Å²) >= 11 is 0. The van der Waals surface area contributed by atoms with Gasteiger partial charge < -0.3 is 14.6 Å². The Labute approximate surface area is 205 Å². The highest BCUT2D eigenvalue weighted by atomic mass is 16.5. The molecule has 3 aromatic rings. The number of hydrogen-bond acceptors (Lipinski definition) is 5. The molecular weight excluding hydrogens is 442 g/mol. The summed E-state index contributed by atoms with van der Waals surface area (Å²) in [6.07, 6.45) is 3.62. The number of aliphatic carboxylic acids is 1. The minimum absolute atomic E-state index is 0.203. The topological polar surface area (TPSA) is 76.8 Å². The third-order valence-corrected chi connectivity index (χ3v) is 6.97. The highest BCUT2D eigenvalue weighted by Crippen LogP contribution is 2.32. The van der Waals surface area contributed by atoms with Gasteiger partial charge in [0.1, 0.15) is 24.7 Å². The lowest BCUT2D eigenvalue weighted by Gasteiger charge is -2.31. The molecule has 35 heavy (non-hydrogen) atoms. The molecule has 2 aliphatic rings. The largest absolute Gasteiger partial charge is 0.489 e. The second-order valence-corrected chi connectivity index (χ2v) is 9.94. The summed E-state index contributed by atoms with van der Waals surface area (Å²) in [6.45, 7) is 9.81. The van der Waals surface area contributed by atoms with Gasteiger partial charge in [0.05, 0.1) is 17.1 Å². The van der Waals surface area contributed by atoms with Crippen LogP contribution in [0.1, 0.15) is 49.6 Å². The van der Waals surface area contributed by atoms with E-state index >= 15 is 0 Å². The maximum absolute atomic E-state index is 11.2. The molecule has 0 unspecified atom stereocenters. The Morgan fingerprint density at radius 1 is 1.20 bits per heavy atom. The van der Waals surface area contributed by atoms with Crippen LogP contribution < -0.4 is 9.47 Å². The van der Waals surface area contributed by atoms with Crippen molar-refractivity contribution in [1.82, 2.24) is 14.7 Å². The number of benzene rings is 2. The molecule has 0 bridgehead atoms. The molecule has 0 aliphatic carbocycles. The van der Waals surface area contributed by atoms with Crippen LogP contribution in [0.2, 0.25) is 0 Å². The van der Waals surface area contributed by atoms with E-state index in [1.807, 2.05) is 25.1 Å². The number of piperidine rings is 1. The quantitative estimate of drug-likeness (QED) is 0.514. The first kappa shape index (κ1) is 23.4. The highest BCUT2D eigenvalue weighted by Gasteiger charge is 2.25. The summed E-state index contributed by atoms with van der Waals surface area (Å²) in [6, 6.07) is 12.7. The van der Waals surface area contributed by atoms with E-state index < -0.39 is 5.97 Å². The Kier molecular flexibility index (Phi) is 6.52. The molecule has 0 saturated carbocycles. The third kappa shape index (κ3) is 5.05. The van der Waals surface area contributed by atoms with Gasteiger partial charge in [-0.25, -0.2) is 0 Å². The molecule has 0 atom stereocenters. The van der Waals surface area contributed by atoms with Crippen molar-refractivity contribution < 1.29 is 19.4 Å². The van der Waals surface area contributed by atoms with Gasteiger partial charge in [-0.3, -0.25) is 14.4 Å². The number of carbonyl (C=O) groups is 1. The van der Waals surface area contributed by atoms with Gasteiger partial charge in [-0.1, -0.05) is 6.07 Å². The van der Waals surface area contributed by atoms with Crippen LogP contribution in [-0.4, -0.2) is 52.0 Å². The number of aryl methyl sites for hydroxylation is 1. The average Bonchev–Trinajstić information content (AvgIpc) is 3.19. The molecule has 1 aromatic heterocycles. The van der Waals surface area contributed by atoms with Crippen LogP contribution in [0.25, 0.3) is 17.0 Å². The summed E-state index contributed by atoms with van der Waals surface area (Å²) in [5.74, 6) is 0.742. The van der Waals surface area contributed by atoms with Crippen molar-refractivity contribution in [3.8, 4) is 11.5 Å². The van der Waals surface area contributed by atoms with Crippen molar-refractivity contribution in [2.75, 3.05) is 26.2 Å². The molecule has 0 spiro atoms. The predicted molar refractivity (Wildman–Crippen MR) is 136 cm³/mol. The first-order chi connectivity index (χ1) is 16.9. The van der Waals surface area contributed by atoms with Crippen LogP contribution >= 0.6 is 0 Å². The minimum atomic E-state index is -0.672. The van der Waals surface area contributed by atoms with Crippen molar-refractivity contribution in [2.24, 2.45) is 5.92 Å². The Balaban J connectivity index is 1.21.